The van der Waals surface area contributed by atoms with Crippen LogP contribution >= 0.6 is 0 Å². The highest BCUT2D eigenvalue weighted by Crippen LogP contribution is 2.19. The van der Waals surface area contributed by atoms with E-state index in [9.17, 15) is 13.2 Å². The maximum absolute atomic E-state index is 12.5. The van der Waals surface area contributed by atoms with Crippen LogP contribution in [0.1, 0.15) is 10.4 Å². The number of carbonyl (C=O) groups is 1. The SMILES string of the molecule is COC(=O)c1ccccc1S(=O)(=O)N(C)CCN(C)C. The van der Waals surface area contributed by atoms with Crippen LogP contribution in [0.2, 0.25) is 0 Å². The second kappa shape index (κ2) is 6.83. The number of nitrogens with zero attached hydrogens (tertiary/aromatic N) is 2. The third-order valence-corrected chi connectivity index (χ3v) is 4.76. The first-order valence-corrected chi connectivity index (χ1v) is 7.53. The molecule has 0 saturated heterocycles. The van der Waals surface area contributed by atoms with Gasteiger partial charge in [0.25, 0.3) is 0 Å². The van der Waals surface area contributed by atoms with Crippen molar-refractivity contribution in [1.29, 1.82) is 0 Å². The molecule has 0 aliphatic rings. The fraction of sp³-hybridized carbons (Fsp3) is 0.462. The zero-order valence-electron chi connectivity index (χ0n) is 12.2. The number of likely N-dealkylation sites (N-methyl/N-ethyl adjacent to an activating group) is 2. The summed E-state index contributed by atoms with van der Waals surface area (Å²) < 4.78 is 30.8. The molecule has 0 amide bonds. The largest absolute Gasteiger partial charge is 0.465 e. The average molecular weight is 300 g/mol. The van der Waals surface area contributed by atoms with Gasteiger partial charge in [-0.2, -0.15) is 4.31 Å². The third kappa shape index (κ3) is 3.78. The van der Waals surface area contributed by atoms with Crippen LogP contribution in [0.3, 0.4) is 0 Å². The number of ether oxygens (including phenoxy) is 1. The highest BCUT2D eigenvalue weighted by Gasteiger charge is 2.26. The number of methoxy groups -OCH3 is 1. The molecule has 0 spiro atoms. The number of rotatable bonds is 6. The summed E-state index contributed by atoms with van der Waals surface area (Å²) in [6.07, 6.45) is 0. The van der Waals surface area contributed by atoms with Gasteiger partial charge in [-0.3, -0.25) is 0 Å². The van der Waals surface area contributed by atoms with E-state index >= 15 is 0 Å². The van der Waals surface area contributed by atoms with E-state index in [2.05, 4.69) is 4.74 Å². The van der Waals surface area contributed by atoms with Crippen molar-refractivity contribution >= 4 is 16.0 Å². The van der Waals surface area contributed by atoms with Crippen molar-refractivity contribution in [3.63, 3.8) is 0 Å². The lowest BCUT2D eigenvalue weighted by Crippen LogP contribution is -2.34. The van der Waals surface area contributed by atoms with Crippen LogP contribution in [0.4, 0.5) is 0 Å². The lowest BCUT2D eigenvalue weighted by atomic mass is 10.2. The molecule has 0 fully saturated rings. The summed E-state index contributed by atoms with van der Waals surface area (Å²) >= 11 is 0. The first-order valence-electron chi connectivity index (χ1n) is 6.09. The van der Waals surface area contributed by atoms with E-state index in [1.54, 1.807) is 12.1 Å². The van der Waals surface area contributed by atoms with Gasteiger partial charge in [-0.05, 0) is 26.2 Å². The van der Waals surface area contributed by atoms with Crippen LogP contribution in [0.15, 0.2) is 29.2 Å². The van der Waals surface area contributed by atoms with E-state index in [0.717, 1.165) is 0 Å². The van der Waals surface area contributed by atoms with Crippen LogP contribution in [-0.4, -0.2) is 64.9 Å². The highest BCUT2D eigenvalue weighted by molar-refractivity contribution is 7.89. The molecule has 6 nitrogen and oxygen atoms in total. The Kier molecular flexibility index (Phi) is 5.67. The normalized spacial score (nSPS) is 11.9. The zero-order valence-corrected chi connectivity index (χ0v) is 13.0. The Morgan fingerprint density at radius 2 is 1.75 bits per heavy atom. The van der Waals surface area contributed by atoms with Crippen molar-refractivity contribution in [2.24, 2.45) is 0 Å². The molecule has 1 aromatic rings. The Labute approximate surface area is 120 Å². The summed E-state index contributed by atoms with van der Waals surface area (Å²) in [4.78, 5) is 13.5. The van der Waals surface area contributed by atoms with E-state index < -0.39 is 16.0 Å². The molecule has 0 aliphatic carbocycles. The topological polar surface area (TPSA) is 66.9 Å². The number of esters is 1. The first-order chi connectivity index (χ1) is 9.30. The number of sulfonamides is 1. The molecule has 0 heterocycles. The Hall–Kier alpha value is -1.44. The number of benzene rings is 1. The van der Waals surface area contributed by atoms with Crippen LogP contribution < -0.4 is 0 Å². The number of hydrogen-bond donors (Lipinski definition) is 0. The van der Waals surface area contributed by atoms with Gasteiger partial charge in [-0.15, -0.1) is 0 Å². The molecule has 0 unspecified atom stereocenters. The minimum atomic E-state index is -3.71. The highest BCUT2D eigenvalue weighted by atomic mass is 32.2. The first kappa shape index (κ1) is 16.6. The quantitative estimate of drug-likeness (QED) is 0.722. The van der Waals surface area contributed by atoms with Gasteiger partial charge in [0.05, 0.1) is 17.6 Å². The molecule has 7 heteroatoms. The molecule has 1 aromatic carbocycles. The van der Waals surface area contributed by atoms with Crippen molar-refractivity contribution in [2.45, 2.75) is 4.90 Å². The lowest BCUT2D eigenvalue weighted by molar-refractivity contribution is 0.0596. The van der Waals surface area contributed by atoms with E-state index in [4.69, 9.17) is 0 Å². The van der Waals surface area contributed by atoms with Crippen LogP contribution in [0.25, 0.3) is 0 Å². The van der Waals surface area contributed by atoms with Gasteiger partial charge in [0.1, 0.15) is 0 Å². The predicted octanol–water partition coefficient (Wildman–Crippen LogP) is 0.655. The van der Waals surface area contributed by atoms with Crippen LogP contribution in [0, 0.1) is 0 Å². The molecular formula is C13H20N2O4S. The number of hydrogen-bond acceptors (Lipinski definition) is 5. The predicted molar refractivity (Wildman–Crippen MR) is 76.2 cm³/mol. The van der Waals surface area contributed by atoms with Gasteiger partial charge < -0.3 is 9.64 Å². The zero-order chi connectivity index (χ0) is 15.3. The standard InChI is InChI=1S/C13H20N2O4S/c1-14(2)9-10-15(3)20(17,18)12-8-6-5-7-11(12)13(16)19-4/h5-8H,9-10H2,1-4H3. The summed E-state index contributed by atoms with van der Waals surface area (Å²) in [6.45, 7) is 0.932. The smallest absolute Gasteiger partial charge is 0.339 e. The minimum absolute atomic E-state index is 0.0342. The van der Waals surface area contributed by atoms with Crippen molar-refractivity contribution < 1.29 is 17.9 Å². The van der Waals surface area contributed by atoms with E-state index in [-0.39, 0.29) is 10.5 Å². The summed E-state index contributed by atoms with van der Waals surface area (Å²) in [5, 5.41) is 0. The van der Waals surface area contributed by atoms with E-state index in [1.165, 1.54) is 30.6 Å². The summed E-state index contributed by atoms with van der Waals surface area (Å²) in [5.41, 5.74) is 0.0479. The van der Waals surface area contributed by atoms with Gasteiger partial charge in [0.15, 0.2) is 0 Å². The van der Waals surface area contributed by atoms with Gasteiger partial charge >= 0.3 is 5.97 Å². The molecule has 112 valence electrons. The second-order valence-electron chi connectivity index (χ2n) is 4.62. The van der Waals surface area contributed by atoms with Gasteiger partial charge in [0, 0.05) is 20.1 Å². The Morgan fingerprint density at radius 1 is 1.15 bits per heavy atom. The maximum atomic E-state index is 12.5. The van der Waals surface area contributed by atoms with Crippen LogP contribution in [0.5, 0.6) is 0 Å². The Balaban J connectivity index is 3.12. The Morgan fingerprint density at radius 3 is 2.30 bits per heavy atom. The maximum Gasteiger partial charge on any atom is 0.339 e. The lowest BCUT2D eigenvalue weighted by Gasteiger charge is -2.20. The number of carbonyl (C=O) groups excluding carboxylic acids is 1. The molecule has 0 bridgehead atoms. The molecule has 0 saturated carbocycles. The van der Waals surface area contributed by atoms with Gasteiger partial charge in [-0.25, -0.2) is 13.2 Å². The molecule has 0 atom stereocenters. The van der Waals surface area contributed by atoms with Gasteiger partial charge in [-0.1, -0.05) is 12.1 Å². The third-order valence-electron chi connectivity index (χ3n) is 2.84. The summed E-state index contributed by atoms with van der Waals surface area (Å²) in [5.74, 6) is -0.662. The molecule has 0 aliphatic heterocycles. The molecule has 20 heavy (non-hydrogen) atoms. The van der Waals surface area contributed by atoms with Crippen molar-refractivity contribution in [3.05, 3.63) is 29.8 Å². The van der Waals surface area contributed by atoms with E-state index in [0.29, 0.717) is 13.1 Å². The second-order valence-corrected chi connectivity index (χ2v) is 6.63. The van der Waals surface area contributed by atoms with E-state index in [1.807, 2.05) is 19.0 Å². The monoisotopic (exact) mass is 300 g/mol. The van der Waals surface area contributed by atoms with Crippen molar-refractivity contribution in [2.75, 3.05) is 41.3 Å². The minimum Gasteiger partial charge on any atom is -0.465 e. The Bertz CT molecular complexity index is 569. The van der Waals surface area contributed by atoms with Crippen molar-refractivity contribution in [3.8, 4) is 0 Å². The summed E-state index contributed by atoms with van der Waals surface area (Å²) in [7, 11) is 2.73. The molecule has 1 rings (SSSR count). The summed E-state index contributed by atoms with van der Waals surface area (Å²) in [6, 6.07) is 6.04. The van der Waals surface area contributed by atoms with Crippen LogP contribution in [-0.2, 0) is 14.8 Å². The molecule has 0 N–H and O–H groups in total. The fourth-order valence-electron chi connectivity index (χ4n) is 1.60. The molecular weight excluding hydrogens is 280 g/mol. The molecule has 0 aromatic heterocycles. The average Bonchev–Trinajstić information content (AvgIpc) is 2.43. The van der Waals surface area contributed by atoms with Crippen molar-refractivity contribution in [1.82, 2.24) is 9.21 Å². The molecule has 0 radical (unpaired) electrons. The fourth-order valence-corrected chi connectivity index (χ4v) is 2.94. The van der Waals surface area contributed by atoms with Gasteiger partial charge in [0.2, 0.25) is 10.0 Å².